The number of aromatic nitrogens is 1. The van der Waals surface area contributed by atoms with Crippen LogP contribution in [-0.2, 0) is 0 Å². The lowest BCUT2D eigenvalue weighted by molar-refractivity contribution is 0.108. The number of carbonyl (C=O) groups excluding carboxylic acids is 1. The second-order valence-electron chi connectivity index (χ2n) is 5.65. The van der Waals surface area contributed by atoms with Crippen LogP contribution in [0.25, 0.3) is 21.3 Å². The lowest BCUT2D eigenvalue weighted by Crippen LogP contribution is -1.93. The maximum Gasteiger partial charge on any atom is 0.226 e. The van der Waals surface area contributed by atoms with Crippen molar-refractivity contribution in [3.63, 3.8) is 0 Å². The molecule has 0 saturated heterocycles. The summed E-state index contributed by atoms with van der Waals surface area (Å²) in [7, 11) is 1.65. The average molecular weight is 377 g/mol. The van der Waals surface area contributed by atoms with E-state index in [-0.39, 0.29) is 5.12 Å². The topological polar surface area (TPSA) is 39.2 Å². The van der Waals surface area contributed by atoms with Crippen molar-refractivity contribution in [3.8, 4) is 16.9 Å². The van der Waals surface area contributed by atoms with Gasteiger partial charge in [-0.2, -0.15) is 0 Å². The highest BCUT2D eigenvalue weighted by Gasteiger charge is 2.13. The molecule has 4 aromatic rings. The van der Waals surface area contributed by atoms with Crippen LogP contribution >= 0.6 is 23.1 Å². The zero-order valence-corrected chi connectivity index (χ0v) is 15.6. The fourth-order valence-corrected chi connectivity index (χ4v) is 4.55. The van der Waals surface area contributed by atoms with Gasteiger partial charge in [0.2, 0.25) is 5.12 Å². The van der Waals surface area contributed by atoms with Gasteiger partial charge in [-0.25, -0.2) is 4.98 Å². The first-order valence-corrected chi connectivity index (χ1v) is 9.68. The van der Waals surface area contributed by atoms with Gasteiger partial charge in [0.15, 0.2) is 4.34 Å². The van der Waals surface area contributed by atoms with E-state index >= 15 is 0 Å². The Morgan fingerprint density at radius 2 is 1.77 bits per heavy atom. The quantitative estimate of drug-likeness (QED) is 0.415. The van der Waals surface area contributed by atoms with Crippen molar-refractivity contribution in [1.29, 1.82) is 0 Å². The highest BCUT2D eigenvalue weighted by atomic mass is 32.2. The molecular weight excluding hydrogens is 362 g/mol. The summed E-state index contributed by atoms with van der Waals surface area (Å²) in [6, 6.07) is 23.4. The van der Waals surface area contributed by atoms with E-state index in [1.54, 1.807) is 18.4 Å². The predicted molar refractivity (Wildman–Crippen MR) is 108 cm³/mol. The molecule has 1 aromatic heterocycles. The van der Waals surface area contributed by atoms with Crippen LogP contribution in [0, 0.1) is 0 Å². The Balaban J connectivity index is 1.57. The molecule has 0 aliphatic rings. The molecular formula is C21H15NO2S2. The number of fused-ring (bicyclic) bond motifs is 1. The van der Waals surface area contributed by atoms with E-state index in [1.807, 2.05) is 72.8 Å². The van der Waals surface area contributed by atoms with E-state index in [4.69, 9.17) is 4.74 Å². The Morgan fingerprint density at radius 1 is 0.962 bits per heavy atom. The van der Waals surface area contributed by atoms with Crippen LogP contribution in [0.2, 0.25) is 0 Å². The number of hydrogen-bond acceptors (Lipinski definition) is 5. The molecule has 26 heavy (non-hydrogen) atoms. The van der Waals surface area contributed by atoms with Gasteiger partial charge in [-0.3, -0.25) is 4.79 Å². The number of carbonyl (C=O) groups is 1. The molecule has 0 bridgehead atoms. The zero-order chi connectivity index (χ0) is 17.9. The van der Waals surface area contributed by atoms with Crippen molar-refractivity contribution in [2.45, 2.75) is 4.34 Å². The summed E-state index contributed by atoms with van der Waals surface area (Å²) in [6.07, 6.45) is 0. The summed E-state index contributed by atoms with van der Waals surface area (Å²) >= 11 is 2.72. The van der Waals surface area contributed by atoms with Crippen molar-refractivity contribution in [2.24, 2.45) is 0 Å². The van der Waals surface area contributed by atoms with E-state index < -0.39 is 0 Å². The number of benzene rings is 3. The lowest BCUT2D eigenvalue weighted by atomic mass is 10.0. The minimum Gasteiger partial charge on any atom is -0.497 e. The van der Waals surface area contributed by atoms with Gasteiger partial charge in [0.25, 0.3) is 0 Å². The molecule has 4 rings (SSSR count). The van der Waals surface area contributed by atoms with Crippen LogP contribution in [0.5, 0.6) is 5.75 Å². The van der Waals surface area contributed by atoms with E-state index in [2.05, 4.69) is 4.98 Å². The Kier molecular flexibility index (Phi) is 4.73. The van der Waals surface area contributed by atoms with Gasteiger partial charge in [0.1, 0.15) is 5.75 Å². The lowest BCUT2D eigenvalue weighted by Gasteiger charge is -2.05. The molecule has 128 valence electrons. The Morgan fingerprint density at radius 3 is 2.54 bits per heavy atom. The third kappa shape index (κ3) is 3.49. The van der Waals surface area contributed by atoms with Crippen molar-refractivity contribution in [1.82, 2.24) is 4.98 Å². The number of thioether (sulfide) groups is 1. The number of rotatable bonds is 4. The standard InChI is InChI=1S/C21H15NO2S2/c1-24-17-11-9-14(10-12-17)15-5-4-6-16(13-15)20(23)26-21-22-18-7-2-3-8-19(18)25-21/h2-13H,1H3. The molecule has 0 fully saturated rings. The molecule has 3 nitrogen and oxygen atoms in total. The van der Waals surface area contributed by atoms with Gasteiger partial charge in [-0.05, 0) is 53.2 Å². The van der Waals surface area contributed by atoms with Gasteiger partial charge in [-0.15, -0.1) is 11.3 Å². The van der Waals surface area contributed by atoms with Gasteiger partial charge < -0.3 is 4.74 Å². The highest BCUT2D eigenvalue weighted by Crippen LogP contribution is 2.32. The first kappa shape index (κ1) is 16.8. The summed E-state index contributed by atoms with van der Waals surface area (Å²) in [5, 5.41) is -0.000539. The third-order valence-electron chi connectivity index (χ3n) is 3.98. The van der Waals surface area contributed by atoms with Crippen LogP contribution < -0.4 is 4.74 Å². The second kappa shape index (κ2) is 7.32. The highest BCUT2D eigenvalue weighted by molar-refractivity contribution is 8.15. The van der Waals surface area contributed by atoms with Crippen LogP contribution in [0.1, 0.15) is 10.4 Å². The maximum absolute atomic E-state index is 12.7. The molecule has 0 aliphatic carbocycles. The molecule has 0 amide bonds. The SMILES string of the molecule is COc1ccc(-c2cccc(C(=O)Sc3nc4ccccc4s3)c2)cc1. The summed E-state index contributed by atoms with van der Waals surface area (Å²) in [6.45, 7) is 0. The number of hydrogen-bond donors (Lipinski definition) is 0. The molecule has 0 saturated carbocycles. The number of methoxy groups -OCH3 is 1. The fraction of sp³-hybridized carbons (Fsp3) is 0.0476. The number of thiazole rings is 1. The molecule has 0 atom stereocenters. The smallest absolute Gasteiger partial charge is 0.226 e. The van der Waals surface area contributed by atoms with Crippen molar-refractivity contribution in [3.05, 3.63) is 78.4 Å². The molecule has 0 aliphatic heterocycles. The Labute approximate surface area is 159 Å². The molecule has 0 radical (unpaired) electrons. The van der Waals surface area contributed by atoms with E-state index in [0.717, 1.165) is 31.4 Å². The minimum absolute atomic E-state index is 0.000539. The normalized spacial score (nSPS) is 10.8. The fourth-order valence-electron chi connectivity index (χ4n) is 2.64. The summed E-state index contributed by atoms with van der Waals surface area (Å²) in [5.41, 5.74) is 3.65. The van der Waals surface area contributed by atoms with Crippen LogP contribution in [-0.4, -0.2) is 17.2 Å². The minimum atomic E-state index is -0.000539. The molecule has 0 unspecified atom stereocenters. The van der Waals surface area contributed by atoms with Crippen LogP contribution in [0.3, 0.4) is 0 Å². The molecule has 3 aromatic carbocycles. The summed E-state index contributed by atoms with van der Waals surface area (Å²) in [4.78, 5) is 17.2. The largest absolute Gasteiger partial charge is 0.497 e. The Bertz CT molecular complexity index is 1040. The number of ether oxygens (including phenoxy) is 1. The molecule has 5 heteroatoms. The predicted octanol–water partition coefficient (Wildman–Crippen LogP) is 5.90. The Hall–Kier alpha value is -2.63. The number of para-hydroxylation sites is 1. The monoisotopic (exact) mass is 377 g/mol. The summed E-state index contributed by atoms with van der Waals surface area (Å²) in [5.74, 6) is 0.812. The van der Waals surface area contributed by atoms with Gasteiger partial charge in [0.05, 0.1) is 17.3 Å². The van der Waals surface area contributed by atoms with Crippen molar-refractivity contribution < 1.29 is 9.53 Å². The second-order valence-corrected chi connectivity index (χ2v) is 7.90. The number of nitrogens with zero attached hydrogens (tertiary/aromatic N) is 1. The average Bonchev–Trinajstić information content (AvgIpc) is 3.10. The first-order valence-electron chi connectivity index (χ1n) is 8.05. The van der Waals surface area contributed by atoms with E-state index in [0.29, 0.717) is 5.56 Å². The van der Waals surface area contributed by atoms with Gasteiger partial charge in [0, 0.05) is 5.56 Å². The third-order valence-corrected chi connectivity index (χ3v) is 5.99. The zero-order valence-electron chi connectivity index (χ0n) is 14.0. The maximum atomic E-state index is 12.7. The molecule has 1 heterocycles. The van der Waals surface area contributed by atoms with Crippen molar-refractivity contribution in [2.75, 3.05) is 7.11 Å². The summed E-state index contributed by atoms with van der Waals surface area (Å²) < 4.78 is 7.06. The van der Waals surface area contributed by atoms with Crippen molar-refractivity contribution >= 4 is 38.4 Å². The van der Waals surface area contributed by atoms with Crippen LogP contribution in [0.4, 0.5) is 0 Å². The van der Waals surface area contributed by atoms with Crippen LogP contribution in [0.15, 0.2) is 77.1 Å². The van der Waals surface area contributed by atoms with E-state index in [1.165, 1.54) is 11.8 Å². The molecule has 0 spiro atoms. The van der Waals surface area contributed by atoms with Gasteiger partial charge in [-0.1, -0.05) is 42.5 Å². The first-order chi connectivity index (χ1) is 12.7. The molecule has 0 N–H and O–H groups in total. The van der Waals surface area contributed by atoms with E-state index in [9.17, 15) is 4.79 Å². The van der Waals surface area contributed by atoms with Gasteiger partial charge >= 0.3 is 0 Å².